The standard InChI is InChI=1S/C20H25FN2O4S2/c1-22(14-15-6-8-18(27-2)17(21)12-15)19(24)13-16-7-9-20(28-16)29(25,26)23-10-4-3-5-11-23/h6-9,12H,3-5,10-11,13-14H2,1-2H3. The van der Waals surface area contributed by atoms with Crippen molar-refractivity contribution in [2.24, 2.45) is 0 Å². The number of methoxy groups -OCH3 is 1. The molecule has 1 fully saturated rings. The zero-order valence-corrected chi connectivity index (χ0v) is 18.2. The average Bonchev–Trinajstić information content (AvgIpc) is 3.18. The monoisotopic (exact) mass is 440 g/mol. The van der Waals surface area contributed by atoms with Crippen LogP contribution in [0.25, 0.3) is 0 Å². The van der Waals surface area contributed by atoms with E-state index in [1.807, 2.05) is 0 Å². The van der Waals surface area contributed by atoms with Crippen molar-refractivity contribution in [1.82, 2.24) is 9.21 Å². The molecular weight excluding hydrogens is 415 g/mol. The lowest BCUT2D eigenvalue weighted by Gasteiger charge is -2.25. The van der Waals surface area contributed by atoms with E-state index in [2.05, 4.69) is 0 Å². The molecule has 0 radical (unpaired) electrons. The Balaban J connectivity index is 1.62. The van der Waals surface area contributed by atoms with Gasteiger partial charge in [0.25, 0.3) is 10.0 Å². The number of likely N-dealkylation sites (N-methyl/N-ethyl adjacent to an activating group) is 1. The smallest absolute Gasteiger partial charge is 0.252 e. The largest absolute Gasteiger partial charge is 0.494 e. The van der Waals surface area contributed by atoms with Gasteiger partial charge in [-0.3, -0.25) is 4.79 Å². The third-order valence-electron chi connectivity index (χ3n) is 4.93. The number of rotatable bonds is 7. The molecule has 0 saturated carbocycles. The maximum atomic E-state index is 13.8. The van der Waals surface area contributed by atoms with Gasteiger partial charge >= 0.3 is 0 Å². The molecule has 158 valence electrons. The molecule has 1 aromatic carbocycles. The van der Waals surface area contributed by atoms with Gasteiger partial charge in [-0.15, -0.1) is 11.3 Å². The number of hydrogen-bond acceptors (Lipinski definition) is 5. The second-order valence-electron chi connectivity index (χ2n) is 7.08. The van der Waals surface area contributed by atoms with E-state index in [9.17, 15) is 17.6 Å². The summed E-state index contributed by atoms with van der Waals surface area (Å²) in [7, 11) is -0.444. The van der Waals surface area contributed by atoms with Gasteiger partial charge in [-0.1, -0.05) is 12.5 Å². The van der Waals surface area contributed by atoms with Crippen LogP contribution in [-0.2, 0) is 27.8 Å². The van der Waals surface area contributed by atoms with Gasteiger partial charge in [0.1, 0.15) is 4.21 Å². The quantitative estimate of drug-likeness (QED) is 0.663. The molecule has 0 aliphatic carbocycles. The zero-order valence-electron chi connectivity index (χ0n) is 16.6. The molecule has 1 amide bonds. The summed E-state index contributed by atoms with van der Waals surface area (Å²) < 4.78 is 46.0. The van der Waals surface area contributed by atoms with Crippen LogP contribution in [0.5, 0.6) is 5.75 Å². The molecule has 1 aromatic heterocycles. The van der Waals surface area contributed by atoms with Gasteiger partial charge in [-0.05, 0) is 42.7 Å². The molecule has 0 spiro atoms. The van der Waals surface area contributed by atoms with Crippen molar-refractivity contribution < 1.29 is 22.3 Å². The number of carbonyl (C=O) groups excluding carboxylic acids is 1. The van der Waals surface area contributed by atoms with Gasteiger partial charge in [0.15, 0.2) is 11.6 Å². The number of ether oxygens (including phenoxy) is 1. The molecule has 1 saturated heterocycles. The van der Waals surface area contributed by atoms with Gasteiger partial charge < -0.3 is 9.64 Å². The minimum atomic E-state index is -3.48. The molecule has 0 N–H and O–H groups in total. The Kier molecular flexibility index (Phi) is 6.92. The van der Waals surface area contributed by atoms with Crippen LogP contribution in [-0.4, -0.2) is 50.8 Å². The molecule has 2 heterocycles. The van der Waals surface area contributed by atoms with Crippen molar-refractivity contribution in [1.29, 1.82) is 0 Å². The maximum Gasteiger partial charge on any atom is 0.252 e. The first-order valence-corrected chi connectivity index (χ1v) is 11.7. The first-order valence-electron chi connectivity index (χ1n) is 9.46. The summed E-state index contributed by atoms with van der Waals surface area (Å²) in [5.74, 6) is -0.481. The Bertz CT molecular complexity index is 969. The van der Waals surface area contributed by atoms with Gasteiger partial charge in [-0.25, -0.2) is 12.8 Å². The Labute approximate surface area is 174 Å². The highest BCUT2D eigenvalue weighted by molar-refractivity contribution is 7.91. The molecule has 3 rings (SSSR count). The fourth-order valence-electron chi connectivity index (χ4n) is 3.28. The fourth-order valence-corrected chi connectivity index (χ4v) is 6.30. The van der Waals surface area contributed by atoms with Crippen molar-refractivity contribution in [2.45, 2.75) is 36.4 Å². The van der Waals surface area contributed by atoms with Crippen molar-refractivity contribution in [3.05, 3.63) is 46.6 Å². The summed E-state index contributed by atoms with van der Waals surface area (Å²) in [6.07, 6.45) is 2.93. The second-order valence-corrected chi connectivity index (χ2v) is 10.4. The van der Waals surface area contributed by atoms with Crippen LogP contribution in [0.3, 0.4) is 0 Å². The number of amides is 1. The lowest BCUT2D eigenvalue weighted by Crippen LogP contribution is -2.35. The van der Waals surface area contributed by atoms with Crippen LogP contribution >= 0.6 is 11.3 Å². The van der Waals surface area contributed by atoms with Crippen LogP contribution < -0.4 is 4.74 Å². The van der Waals surface area contributed by atoms with Crippen LogP contribution in [0.2, 0.25) is 0 Å². The number of nitrogens with zero attached hydrogens (tertiary/aromatic N) is 2. The summed E-state index contributed by atoms with van der Waals surface area (Å²) in [5.41, 5.74) is 0.652. The highest BCUT2D eigenvalue weighted by atomic mass is 32.2. The molecule has 9 heteroatoms. The summed E-state index contributed by atoms with van der Waals surface area (Å²) in [6, 6.07) is 7.85. The minimum Gasteiger partial charge on any atom is -0.494 e. The summed E-state index contributed by atoms with van der Waals surface area (Å²) in [6.45, 7) is 1.36. The summed E-state index contributed by atoms with van der Waals surface area (Å²) >= 11 is 1.14. The Morgan fingerprint density at radius 2 is 1.93 bits per heavy atom. The van der Waals surface area contributed by atoms with Crippen molar-refractivity contribution in [3.8, 4) is 5.75 Å². The van der Waals surface area contributed by atoms with E-state index < -0.39 is 15.8 Å². The number of benzene rings is 1. The van der Waals surface area contributed by atoms with Crippen LogP contribution in [0.4, 0.5) is 4.39 Å². The number of piperidine rings is 1. The van der Waals surface area contributed by atoms with E-state index in [0.29, 0.717) is 23.5 Å². The SMILES string of the molecule is COc1ccc(CN(C)C(=O)Cc2ccc(S(=O)(=O)N3CCCCC3)s2)cc1F. The minimum absolute atomic E-state index is 0.106. The van der Waals surface area contributed by atoms with E-state index in [-0.39, 0.29) is 28.8 Å². The Morgan fingerprint density at radius 1 is 1.21 bits per heavy atom. The number of sulfonamides is 1. The van der Waals surface area contributed by atoms with Crippen molar-refractivity contribution >= 4 is 27.3 Å². The van der Waals surface area contributed by atoms with Gasteiger partial charge in [-0.2, -0.15) is 4.31 Å². The Morgan fingerprint density at radius 3 is 2.59 bits per heavy atom. The molecular formula is C20H25FN2O4S2. The van der Waals surface area contributed by atoms with Gasteiger partial charge in [0.05, 0.1) is 13.5 Å². The third kappa shape index (κ3) is 5.15. The second kappa shape index (κ2) is 9.23. The molecule has 0 unspecified atom stereocenters. The number of hydrogen-bond donors (Lipinski definition) is 0. The maximum absolute atomic E-state index is 13.8. The van der Waals surface area contributed by atoms with E-state index in [4.69, 9.17) is 4.74 Å². The Hall–Kier alpha value is -1.97. The molecule has 6 nitrogen and oxygen atoms in total. The van der Waals surface area contributed by atoms with Crippen molar-refractivity contribution in [3.63, 3.8) is 0 Å². The number of carbonyl (C=O) groups is 1. The molecule has 1 aliphatic rings. The van der Waals surface area contributed by atoms with E-state index in [0.717, 1.165) is 30.6 Å². The lowest BCUT2D eigenvalue weighted by molar-refractivity contribution is -0.129. The molecule has 0 atom stereocenters. The van der Waals surface area contributed by atoms with Crippen LogP contribution in [0.15, 0.2) is 34.5 Å². The molecule has 29 heavy (non-hydrogen) atoms. The van der Waals surface area contributed by atoms with Crippen molar-refractivity contribution in [2.75, 3.05) is 27.2 Å². The highest BCUT2D eigenvalue weighted by Gasteiger charge is 2.27. The third-order valence-corrected chi connectivity index (χ3v) is 8.38. The number of thiophene rings is 1. The summed E-state index contributed by atoms with van der Waals surface area (Å²) in [4.78, 5) is 14.7. The van der Waals surface area contributed by atoms with Crippen LogP contribution in [0.1, 0.15) is 29.7 Å². The normalized spacial score (nSPS) is 15.3. The number of halogens is 1. The van der Waals surface area contributed by atoms with E-state index in [1.165, 1.54) is 28.4 Å². The van der Waals surface area contributed by atoms with Gasteiger partial charge in [0.2, 0.25) is 5.91 Å². The first-order chi connectivity index (χ1) is 13.8. The first kappa shape index (κ1) is 21.7. The van der Waals surface area contributed by atoms with Gasteiger partial charge in [0, 0.05) is 31.6 Å². The average molecular weight is 441 g/mol. The summed E-state index contributed by atoms with van der Waals surface area (Å²) in [5, 5.41) is 0. The highest BCUT2D eigenvalue weighted by Crippen LogP contribution is 2.27. The lowest BCUT2D eigenvalue weighted by atomic mass is 10.2. The molecule has 1 aliphatic heterocycles. The topological polar surface area (TPSA) is 66.9 Å². The van der Waals surface area contributed by atoms with E-state index in [1.54, 1.807) is 25.2 Å². The van der Waals surface area contributed by atoms with E-state index >= 15 is 0 Å². The predicted octanol–water partition coefficient (Wildman–Crippen LogP) is 3.27. The molecule has 0 bridgehead atoms. The predicted molar refractivity (Wildman–Crippen MR) is 110 cm³/mol. The molecule has 2 aromatic rings. The zero-order chi connectivity index (χ0) is 21.0. The fraction of sp³-hybridized carbons (Fsp3) is 0.450. The van der Waals surface area contributed by atoms with Crippen LogP contribution in [0, 0.1) is 5.82 Å².